The zero-order valence-electron chi connectivity index (χ0n) is 24.3. The van der Waals surface area contributed by atoms with Gasteiger partial charge in [0.25, 0.3) is 0 Å². The van der Waals surface area contributed by atoms with Crippen LogP contribution in [-0.2, 0) is 51.2 Å². The zero-order chi connectivity index (χ0) is 33.2. The van der Waals surface area contributed by atoms with Crippen molar-refractivity contribution in [2.24, 2.45) is 0 Å². The van der Waals surface area contributed by atoms with Crippen LogP contribution in [0.3, 0.4) is 0 Å². The number of hydrogen-bond donors (Lipinski definition) is 4. The van der Waals surface area contributed by atoms with Gasteiger partial charge in [-0.25, -0.2) is 38.7 Å². The topological polar surface area (TPSA) is 207 Å². The predicted molar refractivity (Wildman–Crippen MR) is 169 cm³/mol. The number of hydrogen-bond acceptors (Lipinski definition) is 16. The minimum absolute atomic E-state index is 0.231. The lowest BCUT2D eigenvalue weighted by molar-refractivity contribution is -0.0583. The molecular formula is C24H26F2N10O8P2S2. The third kappa shape index (κ3) is 5.92. The van der Waals surface area contributed by atoms with Gasteiger partial charge in [0, 0.05) is 13.1 Å². The van der Waals surface area contributed by atoms with E-state index in [1.165, 1.54) is 34.4 Å². The van der Waals surface area contributed by atoms with E-state index >= 15 is 8.78 Å². The predicted octanol–water partition coefficient (Wildman–Crippen LogP) is 1.78. The maximum atomic E-state index is 16.2. The smallest absolute Gasteiger partial charge is 0.325 e. The number of aromatic nitrogens is 8. The first-order valence-electron chi connectivity index (χ1n) is 14.5. The summed E-state index contributed by atoms with van der Waals surface area (Å²) in [7, 11) is 0. The molecule has 14 bridgehead atoms. The van der Waals surface area contributed by atoms with Gasteiger partial charge in [-0.05, 0) is 23.6 Å². The van der Waals surface area contributed by atoms with Gasteiger partial charge in [0.15, 0.2) is 58.8 Å². The molecule has 0 saturated carbocycles. The molecule has 2 unspecified atom stereocenters. The second kappa shape index (κ2) is 12.6. The van der Waals surface area contributed by atoms with Crippen LogP contribution in [0.1, 0.15) is 12.5 Å². The number of fused-ring (bicyclic) bond motifs is 10. The minimum atomic E-state index is -4.24. The van der Waals surface area contributed by atoms with Crippen LogP contribution in [0.2, 0.25) is 0 Å². The minimum Gasteiger partial charge on any atom is -0.365 e. The molecule has 9 rings (SSSR count). The first-order chi connectivity index (χ1) is 23.1. The van der Waals surface area contributed by atoms with Crippen molar-refractivity contribution in [3.05, 3.63) is 37.5 Å². The summed E-state index contributed by atoms with van der Waals surface area (Å²) < 4.78 is 69.5. The van der Waals surface area contributed by atoms with E-state index in [0.717, 1.165) is 0 Å². The lowest BCUT2D eigenvalue weighted by Crippen LogP contribution is -2.37. The van der Waals surface area contributed by atoms with E-state index in [1.54, 1.807) is 0 Å². The van der Waals surface area contributed by atoms with Gasteiger partial charge in [0.05, 0.1) is 25.9 Å². The van der Waals surface area contributed by atoms with Crippen molar-refractivity contribution in [2.75, 3.05) is 36.9 Å². The van der Waals surface area contributed by atoms with Gasteiger partial charge in [-0.3, -0.25) is 18.2 Å². The van der Waals surface area contributed by atoms with Crippen molar-refractivity contribution < 1.29 is 46.1 Å². The van der Waals surface area contributed by atoms with E-state index < -0.39 is 75.9 Å². The van der Waals surface area contributed by atoms with Gasteiger partial charge in [-0.1, -0.05) is 12.2 Å². The van der Waals surface area contributed by atoms with Crippen LogP contribution in [0.4, 0.5) is 20.4 Å². The maximum absolute atomic E-state index is 16.2. The first-order valence-corrected chi connectivity index (χ1v) is 19.6. The van der Waals surface area contributed by atoms with Gasteiger partial charge >= 0.3 is 13.4 Å². The molecular weight excluding hydrogens is 720 g/mol. The lowest BCUT2D eigenvalue weighted by atomic mass is 10.1. The van der Waals surface area contributed by atoms with Gasteiger partial charge in [0.2, 0.25) is 0 Å². The fourth-order valence-corrected chi connectivity index (χ4v) is 8.75. The molecule has 0 spiro atoms. The van der Waals surface area contributed by atoms with E-state index in [4.69, 9.17) is 51.2 Å². The molecule has 10 atom stereocenters. The van der Waals surface area contributed by atoms with Crippen molar-refractivity contribution in [1.82, 2.24) is 39.0 Å². The SMILES string of the molecule is OP1(=S)OC[C@H]2O[C@@H]3[C@H](F)[C@@H]2OP(O)(=S)OC[C@H]2O[C@H]([C@@H](F)[C@H]2O1)n1cnc2c(ncnc21)NCC=CCNc1ncnc2c1ncn23. The summed E-state index contributed by atoms with van der Waals surface area (Å²) in [6, 6.07) is 0. The van der Waals surface area contributed by atoms with Crippen molar-refractivity contribution in [3.63, 3.8) is 0 Å². The summed E-state index contributed by atoms with van der Waals surface area (Å²) in [5, 5.41) is 6.30. The normalized spacial score (nSPS) is 37.3. The van der Waals surface area contributed by atoms with Crippen LogP contribution >= 0.6 is 13.4 Å². The van der Waals surface area contributed by atoms with Gasteiger partial charge in [-0.2, -0.15) is 0 Å². The van der Waals surface area contributed by atoms with Crippen molar-refractivity contribution in [2.45, 2.75) is 49.2 Å². The Morgan fingerprint density at radius 3 is 1.58 bits per heavy atom. The molecule has 4 aromatic rings. The average molecular weight is 747 g/mol. The number of nitrogens with zero attached hydrogens (tertiary/aromatic N) is 8. The molecule has 0 amide bonds. The van der Waals surface area contributed by atoms with Crippen LogP contribution < -0.4 is 10.6 Å². The van der Waals surface area contributed by atoms with E-state index in [2.05, 4.69) is 40.5 Å². The van der Waals surface area contributed by atoms with E-state index in [1.807, 2.05) is 12.2 Å². The number of rotatable bonds is 0. The molecule has 5 aliphatic heterocycles. The van der Waals surface area contributed by atoms with Crippen LogP contribution in [0, 0.1) is 0 Å². The summed E-state index contributed by atoms with van der Waals surface area (Å²) >= 11 is 10.5. The Bertz CT molecular complexity index is 1860. The molecule has 256 valence electrons. The fourth-order valence-electron chi connectivity index (χ4n) is 5.87. The molecule has 5 aliphatic rings. The van der Waals surface area contributed by atoms with Crippen molar-refractivity contribution in [1.29, 1.82) is 0 Å². The number of alkyl halides is 2. The second-order valence-corrected chi connectivity index (χ2v) is 16.6. The van der Waals surface area contributed by atoms with Gasteiger partial charge in [0.1, 0.15) is 37.1 Å². The fraction of sp³-hybridized carbons (Fsp3) is 0.500. The quantitative estimate of drug-likeness (QED) is 0.149. The summed E-state index contributed by atoms with van der Waals surface area (Å²) in [4.78, 5) is 47.9. The first kappa shape index (κ1) is 32.5. The molecule has 3 saturated heterocycles. The standard InChI is InChI=1S/C24H26F2N10O8P2S2/c25-13-17-11-5-39-46(38,48)44-18-12(6-40-45(37,47)43-17)42-24(14(18)26)36-10-34-16-20(30-8-32-22(16)36)28-4-2-1-3-27-19-15-21(31-7-29-19)35(9-33-15)23(13)41-11/h1-2,7-14,17-18,23-24H,3-6H2,(H,37,47)(H,38,48)(H,27,29,31)(H,28,30,32)/t11-,12-,13-,14+,17-,18+,23-,24-,45?,46?/m1/s1. The Morgan fingerprint density at radius 1 is 0.708 bits per heavy atom. The Kier molecular flexibility index (Phi) is 8.50. The summed E-state index contributed by atoms with van der Waals surface area (Å²) in [6.07, 6.45) is -3.54. The van der Waals surface area contributed by atoms with E-state index in [-0.39, 0.29) is 11.3 Å². The van der Waals surface area contributed by atoms with Crippen LogP contribution in [-0.4, -0.2) is 112 Å². The second-order valence-electron chi connectivity index (χ2n) is 11.0. The van der Waals surface area contributed by atoms with Crippen LogP contribution in [0.15, 0.2) is 37.5 Å². The highest BCUT2D eigenvalue weighted by molar-refractivity contribution is 8.07. The van der Waals surface area contributed by atoms with Crippen molar-refractivity contribution in [3.8, 4) is 0 Å². The summed E-state index contributed by atoms with van der Waals surface area (Å²) in [5.41, 5.74) is 1.12. The average Bonchev–Trinajstić information content (AvgIpc) is 3.81. The van der Waals surface area contributed by atoms with Gasteiger partial charge in [-0.15, -0.1) is 0 Å². The molecule has 4 N–H and O–H groups in total. The molecule has 0 radical (unpaired) electrons. The van der Waals surface area contributed by atoms with Crippen LogP contribution in [0.5, 0.6) is 0 Å². The van der Waals surface area contributed by atoms with Gasteiger partial charge < -0.3 is 38.9 Å². The number of halogens is 2. The number of nitrogens with one attached hydrogen (secondary N) is 2. The Balaban J connectivity index is 1.21. The van der Waals surface area contributed by atoms with E-state index in [0.29, 0.717) is 35.8 Å². The molecule has 48 heavy (non-hydrogen) atoms. The number of imidazole rings is 2. The monoisotopic (exact) mass is 746 g/mol. The Hall–Kier alpha value is -2.72. The van der Waals surface area contributed by atoms with Crippen molar-refractivity contribution >= 4 is 71.0 Å². The highest BCUT2D eigenvalue weighted by Crippen LogP contribution is 2.54. The Labute approximate surface area is 279 Å². The number of ether oxygens (including phenoxy) is 2. The molecule has 18 nitrogen and oxygen atoms in total. The highest BCUT2D eigenvalue weighted by Gasteiger charge is 2.53. The molecule has 9 heterocycles. The molecule has 4 aromatic heterocycles. The molecule has 0 aromatic carbocycles. The third-order valence-corrected chi connectivity index (χ3v) is 11.2. The van der Waals surface area contributed by atoms with Crippen LogP contribution in [0.25, 0.3) is 22.3 Å². The maximum Gasteiger partial charge on any atom is 0.325 e. The lowest BCUT2D eigenvalue weighted by Gasteiger charge is -2.29. The highest BCUT2D eigenvalue weighted by atomic mass is 32.5. The molecule has 24 heteroatoms. The molecule has 0 aliphatic carbocycles. The summed E-state index contributed by atoms with van der Waals surface area (Å²) in [5.74, 6) is 0.763. The summed E-state index contributed by atoms with van der Waals surface area (Å²) in [6.45, 7) is -8.93. The molecule has 3 fully saturated rings. The largest absolute Gasteiger partial charge is 0.365 e. The third-order valence-electron chi connectivity index (χ3n) is 8.05. The number of anilines is 2. The van der Waals surface area contributed by atoms with E-state index in [9.17, 15) is 9.79 Å². The Morgan fingerprint density at radius 2 is 1.15 bits per heavy atom. The zero-order valence-corrected chi connectivity index (χ0v) is 27.7.